The molecule has 0 aliphatic rings. The van der Waals surface area contributed by atoms with Crippen molar-refractivity contribution in [3.63, 3.8) is 0 Å². The minimum atomic E-state index is -0.434. The summed E-state index contributed by atoms with van der Waals surface area (Å²) in [6.07, 6.45) is 0.312. The van der Waals surface area contributed by atoms with Gasteiger partial charge in [-0.1, -0.05) is 97.1 Å². The highest BCUT2D eigenvalue weighted by Crippen LogP contribution is 2.24. The van der Waals surface area contributed by atoms with Gasteiger partial charge < -0.3 is 20.7 Å². The van der Waals surface area contributed by atoms with Crippen LogP contribution in [0, 0.1) is 0 Å². The summed E-state index contributed by atoms with van der Waals surface area (Å²) in [5, 5.41) is 20.8. The van der Waals surface area contributed by atoms with E-state index in [0.717, 1.165) is 45.5 Å². The van der Waals surface area contributed by atoms with E-state index in [4.69, 9.17) is 4.74 Å². The number of nitrogens with zero attached hydrogens (tertiary/aromatic N) is 2. The largest absolute Gasteiger partial charge is 0.445 e. The Kier molecular flexibility index (Phi) is 8.61. The Balaban J connectivity index is 1.08. The molecule has 0 radical (unpaired) electrons. The van der Waals surface area contributed by atoms with Crippen molar-refractivity contribution in [1.82, 2.24) is 15.5 Å². The van der Waals surface area contributed by atoms with E-state index in [2.05, 4.69) is 50.4 Å². The van der Waals surface area contributed by atoms with Crippen molar-refractivity contribution in [1.29, 1.82) is 0 Å². The maximum Gasteiger partial charge on any atom is 0.407 e. The number of carbonyl (C=O) groups excluding carboxylic acids is 1. The van der Waals surface area contributed by atoms with E-state index in [1.165, 1.54) is 5.56 Å². The second kappa shape index (κ2) is 13.1. The van der Waals surface area contributed by atoms with E-state index < -0.39 is 6.09 Å². The summed E-state index contributed by atoms with van der Waals surface area (Å²) in [5.41, 5.74) is 5.14. The van der Waals surface area contributed by atoms with Crippen molar-refractivity contribution in [2.45, 2.75) is 19.6 Å². The van der Waals surface area contributed by atoms with E-state index in [9.17, 15) is 4.79 Å². The number of ether oxygens (including phenoxy) is 1. The molecule has 196 valence electrons. The van der Waals surface area contributed by atoms with Gasteiger partial charge in [-0.3, -0.25) is 0 Å². The van der Waals surface area contributed by atoms with Crippen LogP contribution in [0.2, 0.25) is 0 Å². The average Bonchev–Trinajstić information content (AvgIpc) is 3.00. The predicted octanol–water partition coefficient (Wildman–Crippen LogP) is 6.17. The number of rotatable bonds is 11. The van der Waals surface area contributed by atoms with Crippen LogP contribution in [-0.4, -0.2) is 29.4 Å². The highest BCUT2D eigenvalue weighted by Gasteiger charge is 2.09. The zero-order valence-corrected chi connectivity index (χ0v) is 21.6. The lowest BCUT2D eigenvalue weighted by Crippen LogP contribution is -2.23. The van der Waals surface area contributed by atoms with E-state index in [-0.39, 0.29) is 6.61 Å². The molecule has 0 aliphatic carbocycles. The number of fused-ring (bicyclic) bond motifs is 1. The van der Waals surface area contributed by atoms with E-state index >= 15 is 0 Å². The first kappa shape index (κ1) is 25.7. The predicted molar refractivity (Wildman–Crippen MR) is 156 cm³/mol. The van der Waals surface area contributed by atoms with E-state index in [0.29, 0.717) is 19.6 Å². The molecule has 3 N–H and O–H groups in total. The molecule has 0 atom stereocenters. The van der Waals surface area contributed by atoms with Gasteiger partial charge in [0.25, 0.3) is 0 Å². The van der Waals surface area contributed by atoms with Gasteiger partial charge in [-0.05, 0) is 28.8 Å². The minimum Gasteiger partial charge on any atom is -0.445 e. The van der Waals surface area contributed by atoms with Gasteiger partial charge in [-0.25, -0.2) is 4.79 Å². The van der Waals surface area contributed by atoms with Crippen LogP contribution in [0.5, 0.6) is 0 Å². The van der Waals surface area contributed by atoms with Crippen LogP contribution in [0.15, 0.2) is 109 Å². The third-order valence-corrected chi connectivity index (χ3v) is 6.33. The van der Waals surface area contributed by atoms with Gasteiger partial charge in [0.1, 0.15) is 6.61 Å². The molecule has 0 bridgehead atoms. The number of anilines is 2. The van der Waals surface area contributed by atoms with Crippen molar-refractivity contribution in [2.24, 2.45) is 0 Å². The van der Waals surface area contributed by atoms with Crippen LogP contribution in [0.25, 0.3) is 10.8 Å². The lowest BCUT2D eigenvalue weighted by Gasteiger charge is -2.12. The van der Waals surface area contributed by atoms with Gasteiger partial charge >= 0.3 is 6.09 Å². The monoisotopic (exact) mass is 517 g/mol. The van der Waals surface area contributed by atoms with Crippen LogP contribution in [0.4, 0.5) is 16.3 Å². The van der Waals surface area contributed by atoms with Crippen LogP contribution >= 0.6 is 0 Å². The fourth-order valence-electron chi connectivity index (χ4n) is 4.29. The Morgan fingerprint density at radius 1 is 0.641 bits per heavy atom. The second-order valence-corrected chi connectivity index (χ2v) is 9.17. The molecule has 5 aromatic rings. The molecule has 4 aromatic carbocycles. The van der Waals surface area contributed by atoms with Crippen LogP contribution in [-0.2, 0) is 24.3 Å². The number of carbonyl (C=O) groups is 1. The zero-order valence-electron chi connectivity index (χ0n) is 21.6. The van der Waals surface area contributed by atoms with Crippen LogP contribution in [0.1, 0.15) is 22.4 Å². The third kappa shape index (κ3) is 7.32. The molecule has 5 rings (SSSR count). The van der Waals surface area contributed by atoms with Gasteiger partial charge in [0, 0.05) is 42.5 Å². The van der Waals surface area contributed by atoms with Gasteiger partial charge in [0.05, 0.1) is 5.69 Å². The van der Waals surface area contributed by atoms with Gasteiger partial charge in [-0.15, -0.1) is 5.10 Å². The lowest BCUT2D eigenvalue weighted by molar-refractivity contribution is 0.139. The molecule has 7 heteroatoms. The molecular weight excluding hydrogens is 486 g/mol. The number of aromatic nitrogens is 2. The standard InChI is InChI=1S/C32H31N5O2/c38-32(39-23-26-11-5-2-6-12-26)35-22-25-15-17-27(18-16-25)33-19-20-34-31-29-14-8-7-13-28(29)30(36-37-31)21-24-9-3-1-4-10-24/h1-18,33H,19-23H2,(H,34,37)(H,35,38). The molecule has 0 saturated carbocycles. The highest BCUT2D eigenvalue weighted by atomic mass is 16.5. The fourth-order valence-corrected chi connectivity index (χ4v) is 4.29. The Bertz CT molecular complexity index is 1490. The summed E-state index contributed by atoms with van der Waals surface area (Å²) in [4.78, 5) is 12.0. The number of hydrogen-bond donors (Lipinski definition) is 3. The molecule has 39 heavy (non-hydrogen) atoms. The van der Waals surface area contributed by atoms with Gasteiger partial charge in [0.2, 0.25) is 0 Å². The topological polar surface area (TPSA) is 88.2 Å². The molecule has 0 fully saturated rings. The van der Waals surface area contributed by atoms with Gasteiger partial charge in [0.15, 0.2) is 5.82 Å². The lowest BCUT2D eigenvalue weighted by atomic mass is 10.0. The number of benzene rings is 4. The van der Waals surface area contributed by atoms with Crippen LogP contribution < -0.4 is 16.0 Å². The first-order chi connectivity index (χ1) is 19.2. The summed E-state index contributed by atoms with van der Waals surface area (Å²) in [6, 6.07) is 36.2. The summed E-state index contributed by atoms with van der Waals surface area (Å²) in [5.74, 6) is 0.782. The molecule has 1 amide bonds. The molecule has 1 aromatic heterocycles. The minimum absolute atomic E-state index is 0.253. The fraction of sp³-hybridized carbons (Fsp3) is 0.156. The van der Waals surface area contributed by atoms with Crippen molar-refractivity contribution >= 4 is 28.4 Å². The van der Waals surface area contributed by atoms with Crippen LogP contribution in [0.3, 0.4) is 0 Å². The van der Waals surface area contributed by atoms with Gasteiger partial charge in [-0.2, -0.15) is 5.10 Å². The third-order valence-electron chi connectivity index (χ3n) is 6.33. The van der Waals surface area contributed by atoms with E-state index in [1.54, 1.807) is 0 Å². The summed E-state index contributed by atoms with van der Waals surface area (Å²) >= 11 is 0. The average molecular weight is 518 g/mol. The maximum absolute atomic E-state index is 12.0. The zero-order chi connectivity index (χ0) is 26.7. The smallest absolute Gasteiger partial charge is 0.407 e. The first-order valence-corrected chi connectivity index (χ1v) is 13.0. The maximum atomic E-state index is 12.0. The normalized spacial score (nSPS) is 10.7. The molecular formula is C32H31N5O2. The Morgan fingerprint density at radius 3 is 2.03 bits per heavy atom. The summed E-state index contributed by atoms with van der Waals surface area (Å²) < 4.78 is 5.26. The van der Waals surface area contributed by atoms with E-state index in [1.807, 2.05) is 84.9 Å². The number of amides is 1. The number of alkyl carbamates (subject to hydrolysis) is 1. The molecule has 7 nitrogen and oxygen atoms in total. The highest BCUT2D eigenvalue weighted by molar-refractivity contribution is 5.93. The molecule has 0 aliphatic heterocycles. The SMILES string of the molecule is O=C(NCc1ccc(NCCNc2nnc(Cc3ccccc3)c3ccccc23)cc1)OCc1ccccc1. The Hall–Kier alpha value is -4.91. The molecule has 0 unspecified atom stereocenters. The molecule has 0 spiro atoms. The van der Waals surface area contributed by atoms with Crippen molar-refractivity contribution < 1.29 is 9.53 Å². The molecule has 1 heterocycles. The molecule has 0 saturated heterocycles. The van der Waals surface area contributed by atoms with Crippen molar-refractivity contribution in [3.05, 3.63) is 132 Å². The summed E-state index contributed by atoms with van der Waals surface area (Å²) in [6.45, 7) is 2.06. The Labute approximate surface area is 228 Å². The quantitative estimate of drug-likeness (QED) is 0.182. The first-order valence-electron chi connectivity index (χ1n) is 13.0. The Morgan fingerprint density at radius 2 is 1.28 bits per heavy atom. The van der Waals surface area contributed by atoms with Crippen molar-refractivity contribution in [3.8, 4) is 0 Å². The number of nitrogens with one attached hydrogen (secondary N) is 3. The number of hydrogen-bond acceptors (Lipinski definition) is 6. The second-order valence-electron chi connectivity index (χ2n) is 9.17. The van der Waals surface area contributed by atoms with Crippen molar-refractivity contribution in [2.75, 3.05) is 23.7 Å². The summed E-state index contributed by atoms with van der Waals surface area (Å²) in [7, 11) is 0.